The second kappa shape index (κ2) is 4.13. The van der Waals surface area contributed by atoms with Crippen molar-refractivity contribution in [1.82, 2.24) is 9.97 Å². The zero-order valence-electron chi connectivity index (χ0n) is 10.1. The second-order valence-electron chi connectivity index (χ2n) is 4.32. The largest absolute Gasteiger partial charge is 0.399 e. The zero-order valence-corrected chi connectivity index (χ0v) is 10.1. The number of fused-ring (bicyclic) bond motifs is 1. The summed E-state index contributed by atoms with van der Waals surface area (Å²) >= 11 is 0. The number of aromatic nitrogens is 2. The second-order valence-corrected chi connectivity index (χ2v) is 4.32. The molecule has 0 fully saturated rings. The summed E-state index contributed by atoms with van der Waals surface area (Å²) in [5.74, 6) is 0.485. The number of para-hydroxylation sites is 1. The Hall–Kier alpha value is -2.82. The fourth-order valence-corrected chi connectivity index (χ4v) is 2.00. The van der Waals surface area contributed by atoms with E-state index in [2.05, 4.69) is 9.97 Å². The molecule has 0 amide bonds. The number of hydrogen-bond donors (Lipinski definition) is 4. The van der Waals surface area contributed by atoms with E-state index in [0.717, 1.165) is 11.0 Å². The molecule has 1 heterocycles. The molecule has 2 aromatic carbocycles. The molecule has 3 rings (SSSR count). The van der Waals surface area contributed by atoms with Crippen LogP contribution in [0.15, 0.2) is 42.5 Å². The first-order valence-corrected chi connectivity index (χ1v) is 5.84. The van der Waals surface area contributed by atoms with Crippen molar-refractivity contribution in [2.45, 2.75) is 0 Å². The van der Waals surface area contributed by atoms with Crippen LogP contribution in [0.3, 0.4) is 0 Å². The van der Waals surface area contributed by atoms with Gasteiger partial charge in [0.15, 0.2) is 5.82 Å². The van der Waals surface area contributed by atoms with Gasteiger partial charge in [0, 0.05) is 16.9 Å². The molecule has 5 nitrogen and oxygen atoms in total. The lowest BCUT2D eigenvalue weighted by atomic mass is 10.1. The summed E-state index contributed by atoms with van der Waals surface area (Å²) in [5, 5.41) is 8.19. The van der Waals surface area contributed by atoms with Crippen molar-refractivity contribution in [2.75, 3.05) is 11.5 Å². The van der Waals surface area contributed by atoms with Crippen molar-refractivity contribution in [3.63, 3.8) is 0 Å². The average Bonchev–Trinajstić information content (AvgIpc) is 2.81. The van der Waals surface area contributed by atoms with Gasteiger partial charge in [-0.25, -0.2) is 4.98 Å². The number of rotatable bonds is 2. The molecule has 0 aliphatic carbocycles. The van der Waals surface area contributed by atoms with Gasteiger partial charge >= 0.3 is 0 Å². The minimum absolute atomic E-state index is 0.271. The molecular weight excluding hydrogens is 238 g/mol. The molecule has 0 radical (unpaired) electrons. The number of aromatic amines is 1. The predicted octanol–water partition coefficient (Wildman–Crippen LogP) is 2.14. The molecule has 19 heavy (non-hydrogen) atoms. The standard InChI is InChI=1S/C14H13N5/c15-8-5-6-11-12(7-8)19-14(18-11)13(17)9-3-1-2-4-10(9)16/h1-7,17H,15-16H2,(H,18,19). The minimum atomic E-state index is 0.271. The van der Waals surface area contributed by atoms with Crippen LogP contribution in [0.1, 0.15) is 11.4 Å². The number of nitrogens with one attached hydrogen (secondary N) is 2. The van der Waals surface area contributed by atoms with Crippen molar-refractivity contribution in [2.24, 2.45) is 0 Å². The average molecular weight is 251 g/mol. The Labute approximate surface area is 109 Å². The van der Waals surface area contributed by atoms with Crippen LogP contribution in [0.4, 0.5) is 11.4 Å². The Morgan fingerprint density at radius 2 is 1.89 bits per heavy atom. The number of imidazole rings is 1. The minimum Gasteiger partial charge on any atom is -0.399 e. The van der Waals surface area contributed by atoms with E-state index in [9.17, 15) is 0 Å². The van der Waals surface area contributed by atoms with E-state index in [4.69, 9.17) is 16.9 Å². The third-order valence-electron chi connectivity index (χ3n) is 2.97. The molecule has 5 heteroatoms. The lowest BCUT2D eigenvalue weighted by Gasteiger charge is -2.03. The number of anilines is 2. The summed E-state index contributed by atoms with van der Waals surface area (Å²) in [6.45, 7) is 0. The summed E-state index contributed by atoms with van der Waals surface area (Å²) in [6, 6.07) is 12.7. The summed E-state index contributed by atoms with van der Waals surface area (Å²) in [6.07, 6.45) is 0. The molecule has 1 aromatic heterocycles. The van der Waals surface area contributed by atoms with E-state index in [-0.39, 0.29) is 5.71 Å². The highest BCUT2D eigenvalue weighted by molar-refractivity contribution is 6.12. The fourth-order valence-electron chi connectivity index (χ4n) is 2.00. The Kier molecular flexibility index (Phi) is 2.45. The van der Waals surface area contributed by atoms with Gasteiger partial charge in [-0.3, -0.25) is 5.41 Å². The van der Waals surface area contributed by atoms with Gasteiger partial charge < -0.3 is 16.5 Å². The number of H-pyrrole nitrogens is 1. The van der Waals surface area contributed by atoms with Gasteiger partial charge in [-0.15, -0.1) is 0 Å². The molecule has 0 saturated carbocycles. The van der Waals surface area contributed by atoms with E-state index in [1.54, 1.807) is 24.3 Å². The van der Waals surface area contributed by atoms with Crippen LogP contribution < -0.4 is 11.5 Å². The van der Waals surface area contributed by atoms with Gasteiger partial charge in [0.2, 0.25) is 0 Å². The Morgan fingerprint density at radius 3 is 2.68 bits per heavy atom. The van der Waals surface area contributed by atoms with E-state index in [1.807, 2.05) is 18.2 Å². The lowest BCUT2D eigenvalue weighted by Crippen LogP contribution is -2.06. The molecule has 0 aliphatic heterocycles. The number of hydrogen-bond acceptors (Lipinski definition) is 4. The van der Waals surface area contributed by atoms with E-state index >= 15 is 0 Å². The predicted molar refractivity (Wildman–Crippen MR) is 77.3 cm³/mol. The first-order valence-electron chi connectivity index (χ1n) is 5.84. The number of benzene rings is 2. The topological polar surface area (TPSA) is 105 Å². The highest BCUT2D eigenvalue weighted by Crippen LogP contribution is 2.19. The highest BCUT2D eigenvalue weighted by Gasteiger charge is 2.12. The van der Waals surface area contributed by atoms with Gasteiger partial charge in [0.25, 0.3) is 0 Å². The normalized spacial score (nSPS) is 10.7. The van der Waals surface area contributed by atoms with Gasteiger partial charge in [0.1, 0.15) is 5.71 Å². The lowest BCUT2D eigenvalue weighted by molar-refractivity contribution is 1.26. The van der Waals surface area contributed by atoms with Crippen molar-refractivity contribution >= 4 is 28.1 Å². The van der Waals surface area contributed by atoms with E-state index in [1.165, 1.54) is 0 Å². The van der Waals surface area contributed by atoms with Crippen LogP contribution in [0.5, 0.6) is 0 Å². The van der Waals surface area contributed by atoms with Crippen LogP contribution in [-0.4, -0.2) is 15.7 Å². The maximum atomic E-state index is 8.19. The van der Waals surface area contributed by atoms with Crippen LogP contribution >= 0.6 is 0 Å². The van der Waals surface area contributed by atoms with Crippen LogP contribution in [0, 0.1) is 5.41 Å². The smallest absolute Gasteiger partial charge is 0.157 e. The maximum absolute atomic E-state index is 8.19. The number of nitrogens with two attached hydrogens (primary N) is 2. The van der Waals surface area contributed by atoms with Crippen LogP contribution in [-0.2, 0) is 0 Å². The maximum Gasteiger partial charge on any atom is 0.157 e. The molecule has 0 aliphatic rings. The molecule has 6 N–H and O–H groups in total. The van der Waals surface area contributed by atoms with E-state index in [0.29, 0.717) is 22.8 Å². The zero-order chi connectivity index (χ0) is 13.4. The summed E-state index contributed by atoms with van der Waals surface area (Å²) in [7, 11) is 0. The van der Waals surface area contributed by atoms with Crippen molar-refractivity contribution < 1.29 is 0 Å². The molecule has 94 valence electrons. The van der Waals surface area contributed by atoms with Crippen molar-refractivity contribution in [3.8, 4) is 0 Å². The number of nitrogens with zero attached hydrogens (tertiary/aromatic N) is 1. The SMILES string of the molecule is N=C(c1nc2ccc(N)cc2[nH]1)c1ccccc1N. The van der Waals surface area contributed by atoms with Gasteiger partial charge in [-0.1, -0.05) is 18.2 Å². The van der Waals surface area contributed by atoms with Crippen molar-refractivity contribution in [1.29, 1.82) is 5.41 Å². The molecule has 0 atom stereocenters. The monoisotopic (exact) mass is 251 g/mol. The quantitative estimate of drug-likeness (QED) is 0.414. The van der Waals surface area contributed by atoms with Crippen molar-refractivity contribution in [3.05, 3.63) is 53.9 Å². The van der Waals surface area contributed by atoms with E-state index < -0.39 is 0 Å². The van der Waals surface area contributed by atoms with Gasteiger partial charge in [-0.05, 0) is 24.3 Å². The summed E-state index contributed by atoms with van der Waals surface area (Å²) < 4.78 is 0. The molecule has 0 bridgehead atoms. The molecule has 3 aromatic rings. The third-order valence-corrected chi connectivity index (χ3v) is 2.97. The summed E-state index contributed by atoms with van der Waals surface area (Å²) in [4.78, 5) is 7.47. The number of nitrogen functional groups attached to an aromatic ring is 2. The first kappa shape index (κ1) is 11.3. The Balaban J connectivity index is 2.09. The van der Waals surface area contributed by atoms with Gasteiger partial charge in [0.05, 0.1) is 11.0 Å². The molecule has 0 saturated heterocycles. The molecular formula is C14H13N5. The van der Waals surface area contributed by atoms with Gasteiger partial charge in [-0.2, -0.15) is 0 Å². The van der Waals surface area contributed by atoms with Crippen LogP contribution in [0.2, 0.25) is 0 Å². The molecule has 0 spiro atoms. The first-order chi connectivity index (χ1) is 9.15. The molecule has 0 unspecified atom stereocenters. The Morgan fingerprint density at radius 1 is 1.11 bits per heavy atom. The Bertz CT molecular complexity index is 772. The third kappa shape index (κ3) is 1.91. The van der Waals surface area contributed by atoms with Crippen LogP contribution in [0.25, 0.3) is 11.0 Å². The fraction of sp³-hybridized carbons (Fsp3) is 0. The summed E-state index contributed by atoms with van der Waals surface area (Å²) in [5.41, 5.74) is 15.3. The highest BCUT2D eigenvalue weighted by atomic mass is 14.9.